The molecule has 2 fully saturated rings. The van der Waals surface area contributed by atoms with E-state index >= 15 is 0 Å². The summed E-state index contributed by atoms with van der Waals surface area (Å²) < 4.78 is 9.57. The lowest BCUT2D eigenvalue weighted by molar-refractivity contribution is -0.384. The zero-order chi connectivity index (χ0) is 17.3. The summed E-state index contributed by atoms with van der Waals surface area (Å²) in [5.74, 6) is -0.713. The quantitative estimate of drug-likeness (QED) is 0.341. The fourth-order valence-electron chi connectivity index (χ4n) is 2.58. The number of carbonyl (C=O) groups is 1. The Labute approximate surface area is 148 Å². The van der Waals surface area contributed by atoms with Gasteiger partial charge < -0.3 is 14.4 Å². The third-order valence-corrected chi connectivity index (χ3v) is 5.06. The molecule has 0 radical (unpaired) electrons. The molecule has 1 heterocycles. The number of ether oxygens (including phenoxy) is 2. The molecule has 130 valence electrons. The minimum absolute atomic E-state index is 0.0904. The van der Waals surface area contributed by atoms with Gasteiger partial charge in [-0.2, -0.15) is 0 Å². The number of hydrogen-bond acceptors (Lipinski definition) is 6. The fourth-order valence-corrected chi connectivity index (χ4v) is 3.08. The van der Waals surface area contributed by atoms with Gasteiger partial charge in [-0.15, -0.1) is 23.2 Å². The predicted molar refractivity (Wildman–Crippen MR) is 89.0 cm³/mol. The number of nitro groups is 1. The molecule has 24 heavy (non-hydrogen) atoms. The molecular weight excluding hydrogens is 359 g/mol. The first kappa shape index (κ1) is 17.3. The van der Waals surface area contributed by atoms with Gasteiger partial charge >= 0.3 is 5.97 Å². The molecule has 1 aliphatic heterocycles. The number of rotatable bonds is 5. The van der Waals surface area contributed by atoms with Crippen molar-refractivity contribution in [1.82, 2.24) is 0 Å². The van der Waals surface area contributed by atoms with Crippen molar-refractivity contribution in [2.24, 2.45) is 5.92 Å². The molecule has 0 unspecified atom stereocenters. The summed E-state index contributed by atoms with van der Waals surface area (Å²) in [5, 5.41) is 11.4. The first-order valence-corrected chi connectivity index (χ1v) is 8.30. The van der Waals surface area contributed by atoms with E-state index in [1.807, 2.05) is 4.90 Å². The van der Waals surface area contributed by atoms with Crippen LogP contribution >= 0.6 is 23.2 Å². The second kappa shape index (κ2) is 6.74. The number of anilines is 1. The molecule has 2 aliphatic rings. The van der Waals surface area contributed by atoms with Crippen LogP contribution in [0.15, 0.2) is 18.2 Å². The van der Waals surface area contributed by atoms with Gasteiger partial charge in [-0.3, -0.25) is 10.1 Å². The van der Waals surface area contributed by atoms with Crippen LogP contribution in [0, 0.1) is 16.0 Å². The third-order valence-electron chi connectivity index (χ3n) is 4.13. The first-order chi connectivity index (χ1) is 11.4. The molecule has 3 rings (SSSR count). The highest BCUT2D eigenvalue weighted by Crippen LogP contribution is 2.53. The van der Waals surface area contributed by atoms with Crippen molar-refractivity contribution < 1.29 is 19.2 Å². The van der Waals surface area contributed by atoms with Crippen LogP contribution in [0.2, 0.25) is 0 Å². The molecule has 1 saturated heterocycles. The highest BCUT2D eigenvalue weighted by atomic mass is 35.5. The summed E-state index contributed by atoms with van der Waals surface area (Å²) in [7, 11) is 0. The van der Waals surface area contributed by atoms with E-state index in [-0.39, 0.29) is 23.8 Å². The van der Waals surface area contributed by atoms with E-state index in [0.717, 1.165) is 0 Å². The van der Waals surface area contributed by atoms with Crippen LogP contribution < -0.4 is 4.90 Å². The molecule has 1 saturated carbocycles. The highest BCUT2D eigenvalue weighted by molar-refractivity contribution is 6.50. The van der Waals surface area contributed by atoms with E-state index in [1.54, 1.807) is 6.07 Å². The van der Waals surface area contributed by atoms with Crippen molar-refractivity contribution in [3.63, 3.8) is 0 Å². The molecule has 1 aromatic rings. The maximum absolute atomic E-state index is 12.1. The Kier molecular flexibility index (Phi) is 4.85. The maximum atomic E-state index is 12.1. The number of hydrogen-bond donors (Lipinski definition) is 0. The van der Waals surface area contributed by atoms with Crippen LogP contribution in [0.5, 0.6) is 0 Å². The topological polar surface area (TPSA) is 81.9 Å². The van der Waals surface area contributed by atoms with Crippen molar-refractivity contribution >= 4 is 40.5 Å². The molecule has 0 N–H and O–H groups in total. The fraction of sp³-hybridized carbons (Fsp3) is 0.533. The molecule has 1 aliphatic carbocycles. The first-order valence-electron chi connectivity index (χ1n) is 7.54. The number of esters is 1. The lowest BCUT2D eigenvalue weighted by Crippen LogP contribution is -2.36. The van der Waals surface area contributed by atoms with Crippen LogP contribution in [0.4, 0.5) is 11.4 Å². The number of benzene rings is 1. The van der Waals surface area contributed by atoms with Crippen molar-refractivity contribution in [3.05, 3.63) is 33.9 Å². The minimum atomic E-state index is -0.827. The monoisotopic (exact) mass is 374 g/mol. The van der Waals surface area contributed by atoms with Gasteiger partial charge in [0.05, 0.1) is 30.3 Å². The second-order valence-corrected chi connectivity index (χ2v) is 7.36. The van der Waals surface area contributed by atoms with E-state index in [0.29, 0.717) is 38.4 Å². The Hall–Kier alpha value is -1.57. The number of alkyl halides is 2. The van der Waals surface area contributed by atoms with Crippen LogP contribution in [-0.2, 0) is 9.47 Å². The van der Waals surface area contributed by atoms with E-state index in [1.165, 1.54) is 12.1 Å². The highest BCUT2D eigenvalue weighted by Gasteiger charge is 2.52. The Morgan fingerprint density at radius 1 is 1.42 bits per heavy atom. The number of halogens is 2. The second-order valence-electron chi connectivity index (χ2n) is 5.82. The molecule has 7 nitrogen and oxygen atoms in total. The number of morpholine rings is 1. The zero-order valence-electron chi connectivity index (χ0n) is 12.7. The largest absolute Gasteiger partial charge is 0.462 e. The Morgan fingerprint density at radius 2 is 2.08 bits per heavy atom. The number of carbonyl (C=O) groups excluding carboxylic acids is 1. The van der Waals surface area contributed by atoms with E-state index in [4.69, 9.17) is 32.7 Å². The van der Waals surface area contributed by atoms with Gasteiger partial charge in [0.1, 0.15) is 10.0 Å². The van der Waals surface area contributed by atoms with Gasteiger partial charge in [-0.1, -0.05) is 0 Å². The summed E-state index contributed by atoms with van der Waals surface area (Å²) in [4.78, 5) is 24.8. The molecule has 1 atom stereocenters. The molecule has 0 spiro atoms. The van der Waals surface area contributed by atoms with Crippen LogP contribution in [-0.4, -0.2) is 48.1 Å². The van der Waals surface area contributed by atoms with Crippen LogP contribution in [0.3, 0.4) is 0 Å². The summed E-state index contributed by atoms with van der Waals surface area (Å²) >= 11 is 11.8. The Balaban J connectivity index is 1.73. The van der Waals surface area contributed by atoms with Crippen LogP contribution in [0.25, 0.3) is 0 Å². The number of nitrogens with zero attached hydrogens (tertiary/aromatic N) is 2. The molecule has 0 bridgehead atoms. The summed E-state index contributed by atoms with van der Waals surface area (Å²) in [5.41, 5.74) is 0.485. The van der Waals surface area contributed by atoms with Crippen molar-refractivity contribution in [1.29, 1.82) is 0 Å². The third kappa shape index (κ3) is 3.74. The Bertz CT molecular complexity index is 661. The lowest BCUT2D eigenvalue weighted by atomic mass is 10.1. The normalized spacial score (nSPS) is 22.1. The average molecular weight is 375 g/mol. The molecule has 0 aromatic heterocycles. The summed E-state index contributed by atoms with van der Waals surface area (Å²) in [6.07, 6.45) is 0.569. The Morgan fingerprint density at radius 3 is 2.67 bits per heavy atom. The average Bonchev–Trinajstić information content (AvgIpc) is 3.19. The van der Waals surface area contributed by atoms with Gasteiger partial charge in [-0.05, 0) is 18.6 Å². The van der Waals surface area contributed by atoms with Gasteiger partial charge in [-0.25, -0.2) is 4.79 Å². The smallest absolute Gasteiger partial charge is 0.338 e. The predicted octanol–water partition coefficient (Wildman–Crippen LogP) is 2.78. The SMILES string of the molecule is O=C(OC[C@H]1CC1(Cl)Cl)c1ccc(N2CCOCC2)c([N+](=O)[O-])c1. The van der Waals surface area contributed by atoms with Crippen LogP contribution in [0.1, 0.15) is 16.8 Å². The van der Waals surface area contributed by atoms with Gasteiger partial charge in [0, 0.05) is 25.1 Å². The van der Waals surface area contributed by atoms with Gasteiger partial charge in [0.2, 0.25) is 0 Å². The zero-order valence-corrected chi connectivity index (χ0v) is 14.3. The molecule has 1 aromatic carbocycles. The van der Waals surface area contributed by atoms with Crippen molar-refractivity contribution in [2.75, 3.05) is 37.8 Å². The molecule has 9 heteroatoms. The lowest BCUT2D eigenvalue weighted by Gasteiger charge is -2.28. The molecule has 0 amide bonds. The maximum Gasteiger partial charge on any atom is 0.338 e. The molecular formula is C15H16Cl2N2O5. The summed E-state index contributed by atoms with van der Waals surface area (Å²) in [6.45, 7) is 2.27. The van der Waals surface area contributed by atoms with E-state index in [2.05, 4.69) is 0 Å². The van der Waals surface area contributed by atoms with E-state index < -0.39 is 15.2 Å². The van der Waals surface area contributed by atoms with Crippen molar-refractivity contribution in [3.8, 4) is 0 Å². The minimum Gasteiger partial charge on any atom is -0.462 e. The number of nitro benzene ring substituents is 1. The van der Waals surface area contributed by atoms with Gasteiger partial charge in [0.25, 0.3) is 5.69 Å². The van der Waals surface area contributed by atoms with Gasteiger partial charge in [0.15, 0.2) is 0 Å². The standard InChI is InChI=1S/C15H16Cl2N2O5/c16-15(17)8-11(15)9-24-14(20)10-1-2-12(13(7-10)19(21)22)18-3-5-23-6-4-18/h1-2,7,11H,3-6,8-9H2/t11-/m1/s1. The van der Waals surface area contributed by atoms with Crippen molar-refractivity contribution in [2.45, 2.75) is 10.8 Å². The summed E-state index contributed by atoms with van der Waals surface area (Å²) in [6, 6.07) is 4.35. The van der Waals surface area contributed by atoms with E-state index in [9.17, 15) is 14.9 Å².